The van der Waals surface area contributed by atoms with Crippen molar-refractivity contribution in [2.24, 2.45) is 5.92 Å². The number of nitrogens with zero attached hydrogens (tertiary/aromatic N) is 1. The van der Waals surface area contributed by atoms with Gasteiger partial charge in [0.1, 0.15) is 6.04 Å². The summed E-state index contributed by atoms with van der Waals surface area (Å²) in [6.07, 6.45) is 0.502. The molecule has 2 atom stereocenters. The highest BCUT2D eigenvalue weighted by atomic mass is 32.2. The van der Waals surface area contributed by atoms with Crippen molar-refractivity contribution < 1.29 is 24.3 Å². The molecule has 0 bridgehead atoms. The second kappa shape index (κ2) is 8.10. The maximum Gasteiger partial charge on any atom is 0.326 e. The number of imide groups is 1. The van der Waals surface area contributed by atoms with Crippen molar-refractivity contribution in [3.05, 3.63) is 35.9 Å². The highest BCUT2D eigenvalue weighted by molar-refractivity contribution is 8.13. The van der Waals surface area contributed by atoms with E-state index >= 15 is 0 Å². The van der Waals surface area contributed by atoms with Crippen molar-refractivity contribution in [3.63, 3.8) is 0 Å². The van der Waals surface area contributed by atoms with Gasteiger partial charge >= 0.3 is 5.97 Å². The van der Waals surface area contributed by atoms with Crippen LogP contribution in [0.25, 0.3) is 0 Å². The van der Waals surface area contributed by atoms with Gasteiger partial charge in [-0.25, -0.2) is 4.79 Å². The molecule has 7 heteroatoms. The van der Waals surface area contributed by atoms with Gasteiger partial charge in [-0.3, -0.25) is 19.3 Å². The van der Waals surface area contributed by atoms with Crippen LogP contribution in [-0.2, 0) is 25.6 Å². The number of carboxylic acids is 1. The molecular formula is C17H19NO5S. The number of carbonyl (C=O) groups is 4. The van der Waals surface area contributed by atoms with Gasteiger partial charge in [-0.2, -0.15) is 0 Å². The molecular weight excluding hydrogens is 330 g/mol. The summed E-state index contributed by atoms with van der Waals surface area (Å²) in [5, 5.41) is 9.22. The number of rotatable bonds is 6. The zero-order valence-corrected chi connectivity index (χ0v) is 14.1. The highest BCUT2D eigenvalue weighted by Gasteiger charge is 2.46. The summed E-state index contributed by atoms with van der Waals surface area (Å²) in [6.45, 7) is 1.39. The molecule has 1 aliphatic heterocycles. The fourth-order valence-corrected chi connectivity index (χ4v) is 3.37. The van der Waals surface area contributed by atoms with Gasteiger partial charge in [0.15, 0.2) is 5.12 Å². The first-order valence-electron chi connectivity index (χ1n) is 7.66. The van der Waals surface area contributed by atoms with Crippen molar-refractivity contribution in [1.82, 2.24) is 4.90 Å². The SMILES string of the molecule is CC(=O)SCCC(=O)N1C(=O)[C@@H](Cc2ccccc2)C[C@H]1C(=O)O. The standard InChI is InChI=1S/C17H19NO5S/c1-11(19)24-8-7-15(20)18-14(17(22)23)10-13(16(18)21)9-12-5-3-2-4-6-12/h2-6,13-14H,7-10H2,1H3,(H,22,23)/t13-,14-/m0/s1. The Morgan fingerprint density at radius 1 is 1.25 bits per heavy atom. The van der Waals surface area contributed by atoms with E-state index in [2.05, 4.69) is 0 Å². The van der Waals surface area contributed by atoms with E-state index in [9.17, 15) is 24.3 Å². The molecule has 0 saturated carbocycles. The van der Waals surface area contributed by atoms with Crippen molar-refractivity contribution in [1.29, 1.82) is 0 Å². The maximum atomic E-state index is 12.5. The Kier molecular flexibility index (Phi) is 6.14. The second-order valence-electron chi connectivity index (χ2n) is 5.67. The van der Waals surface area contributed by atoms with E-state index in [0.717, 1.165) is 22.2 Å². The largest absolute Gasteiger partial charge is 0.480 e. The minimum atomic E-state index is -1.17. The predicted molar refractivity (Wildman–Crippen MR) is 89.3 cm³/mol. The minimum absolute atomic E-state index is 0.0299. The molecule has 0 spiro atoms. The zero-order chi connectivity index (χ0) is 17.7. The Morgan fingerprint density at radius 3 is 2.50 bits per heavy atom. The molecule has 128 valence electrons. The third-order valence-corrected chi connectivity index (χ3v) is 4.72. The Hall–Kier alpha value is -2.15. The number of hydrogen-bond donors (Lipinski definition) is 1. The van der Waals surface area contributed by atoms with Crippen LogP contribution in [-0.4, -0.2) is 44.7 Å². The van der Waals surface area contributed by atoms with Crippen LogP contribution in [0.4, 0.5) is 0 Å². The zero-order valence-electron chi connectivity index (χ0n) is 13.3. The molecule has 0 unspecified atom stereocenters. The van der Waals surface area contributed by atoms with Crippen LogP contribution in [0.2, 0.25) is 0 Å². The van der Waals surface area contributed by atoms with E-state index in [1.807, 2.05) is 30.3 Å². The first kappa shape index (κ1) is 18.2. The third-order valence-electron chi connectivity index (χ3n) is 3.91. The van der Waals surface area contributed by atoms with Crippen LogP contribution in [0.3, 0.4) is 0 Å². The van der Waals surface area contributed by atoms with Crippen LogP contribution in [0.1, 0.15) is 25.3 Å². The monoisotopic (exact) mass is 349 g/mol. The number of hydrogen-bond acceptors (Lipinski definition) is 5. The average molecular weight is 349 g/mol. The highest BCUT2D eigenvalue weighted by Crippen LogP contribution is 2.29. The molecule has 1 aromatic rings. The molecule has 0 radical (unpaired) electrons. The van der Waals surface area contributed by atoms with Gasteiger partial charge in [0.25, 0.3) is 0 Å². The molecule has 1 heterocycles. The third kappa shape index (κ3) is 4.44. The molecule has 1 saturated heterocycles. The van der Waals surface area contributed by atoms with Gasteiger partial charge in [0.05, 0.1) is 0 Å². The molecule has 1 aromatic carbocycles. The number of carbonyl (C=O) groups excluding carboxylic acids is 3. The summed E-state index contributed by atoms with van der Waals surface area (Å²) < 4.78 is 0. The normalized spacial score (nSPS) is 20.2. The lowest BCUT2D eigenvalue weighted by atomic mass is 9.96. The van der Waals surface area contributed by atoms with Gasteiger partial charge in [0.2, 0.25) is 11.8 Å². The second-order valence-corrected chi connectivity index (χ2v) is 6.94. The number of amides is 2. The fourth-order valence-electron chi connectivity index (χ4n) is 2.81. The quantitative estimate of drug-likeness (QED) is 0.841. The topological polar surface area (TPSA) is 91.8 Å². The smallest absolute Gasteiger partial charge is 0.326 e. The number of carboxylic acid groups (broad SMARTS) is 1. The summed E-state index contributed by atoms with van der Waals surface area (Å²) in [7, 11) is 0. The molecule has 0 aromatic heterocycles. The predicted octanol–water partition coefficient (Wildman–Crippen LogP) is 1.73. The molecule has 2 amide bonds. The van der Waals surface area contributed by atoms with Crippen LogP contribution >= 0.6 is 11.8 Å². The molecule has 6 nitrogen and oxygen atoms in total. The Balaban J connectivity index is 2.08. The Bertz CT molecular complexity index is 646. The summed E-state index contributed by atoms with van der Waals surface area (Å²) in [6, 6.07) is 8.19. The Morgan fingerprint density at radius 2 is 1.92 bits per heavy atom. The molecule has 2 rings (SSSR count). The van der Waals surface area contributed by atoms with Crippen LogP contribution in [0.15, 0.2) is 30.3 Å². The van der Waals surface area contributed by atoms with E-state index in [1.54, 1.807) is 0 Å². The summed E-state index contributed by atoms with van der Waals surface area (Å²) in [5.74, 6) is -2.42. The van der Waals surface area contributed by atoms with Crippen LogP contribution < -0.4 is 0 Å². The number of aliphatic carboxylic acids is 1. The van der Waals surface area contributed by atoms with Gasteiger partial charge in [0, 0.05) is 25.0 Å². The number of thioether (sulfide) groups is 1. The summed E-state index contributed by atoms with van der Waals surface area (Å²) >= 11 is 0.988. The molecule has 24 heavy (non-hydrogen) atoms. The van der Waals surface area contributed by atoms with Crippen molar-refractivity contribution in [2.45, 2.75) is 32.2 Å². The lowest BCUT2D eigenvalue weighted by Crippen LogP contribution is -2.43. The molecule has 1 N–H and O–H groups in total. The summed E-state index contributed by atoms with van der Waals surface area (Å²) in [5.41, 5.74) is 0.932. The van der Waals surface area contributed by atoms with Gasteiger partial charge in [-0.15, -0.1) is 0 Å². The first-order chi connectivity index (χ1) is 11.4. The van der Waals surface area contributed by atoms with Crippen molar-refractivity contribution >= 4 is 34.7 Å². The summed E-state index contributed by atoms with van der Waals surface area (Å²) in [4.78, 5) is 48.0. The van der Waals surface area contributed by atoms with Crippen LogP contribution in [0.5, 0.6) is 0 Å². The average Bonchev–Trinajstić information content (AvgIpc) is 2.85. The number of likely N-dealkylation sites (tertiary alicyclic amines) is 1. The van der Waals surface area contributed by atoms with E-state index < -0.39 is 29.7 Å². The lowest BCUT2D eigenvalue weighted by molar-refractivity contribution is -0.154. The van der Waals surface area contributed by atoms with Gasteiger partial charge in [-0.05, 0) is 18.4 Å². The van der Waals surface area contributed by atoms with E-state index in [-0.39, 0.29) is 23.7 Å². The van der Waals surface area contributed by atoms with Gasteiger partial charge < -0.3 is 5.11 Å². The fraction of sp³-hybridized carbons (Fsp3) is 0.412. The van der Waals surface area contributed by atoms with E-state index in [1.165, 1.54) is 6.92 Å². The van der Waals surface area contributed by atoms with Crippen molar-refractivity contribution in [3.8, 4) is 0 Å². The first-order valence-corrected chi connectivity index (χ1v) is 8.64. The molecule has 1 aliphatic rings. The van der Waals surface area contributed by atoms with E-state index in [4.69, 9.17) is 0 Å². The van der Waals surface area contributed by atoms with E-state index in [0.29, 0.717) is 6.42 Å². The molecule has 1 fully saturated rings. The molecule has 0 aliphatic carbocycles. The Labute approximate surface area is 144 Å². The van der Waals surface area contributed by atoms with Crippen LogP contribution in [0, 0.1) is 5.92 Å². The minimum Gasteiger partial charge on any atom is -0.480 e. The van der Waals surface area contributed by atoms with Gasteiger partial charge in [-0.1, -0.05) is 42.1 Å². The van der Waals surface area contributed by atoms with Crippen molar-refractivity contribution in [2.75, 3.05) is 5.75 Å². The lowest BCUT2D eigenvalue weighted by Gasteiger charge is -2.19. The maximum absolute atomic E-state index is 12.5. The number of benzene rings is 1.